The number of aryl methyl sites for hydroxylation is 2. The predicted octanol–water partition coefficient (Wildman–Crippen LogP) is 1.84. The van der Waals surface area contributed by atoms with Gasteiger partial charge in [-0.3, -0.25) is 28.5 Å². The first-order valence-corrected chi connectivity index (χ1v) is 23.6. The van der Waals surface area contributed by atoms with Gasteiger partial charge in [-0.15, -0.1) is 0 Å². The fourth-order valence-electron chi connectivity index (χ4n) is 8.40. The van der Waals surface area contributed by atoms with Crippen LogP contribution in [0, 0.1) is 11.8 Å². The molecule has 0 aromatic carbocycles. The summed E-state index contributed by atoms with van der Waals surface area (Å²) in [5.74, 6) is -0.233. The molecule has 4 aromatic rings. The molecule has 4 fully saturated rings. The van der Waals surface area contributed by atoms with Crippen LogP contribution in [0.5, 0.6) is 0 Å². The molecule has 2 unspecified atom stereocenters. The average molecular weight is 973 g/mol. The topological polar surface area (TPSA) is 338 Å². The van der Waals surface area contributed by atoms with Crippen LogP contribution in [0.1, 0.15) is 93.1 Å². The highest BCUT2D eigenvalue weighted by atomic mass is 16.6. The molecule has 2 atom stereocenters. The van der Waals surface area contributed by atoms with Crippen LogP contribution in [0.4, 0.5) is 39.4 Å². The van der Waals surface area contributed by atoms with Crippen molar-refractivity contribution in [2.75, 3.05) is 72.8 Å². The van der Waals surface area contributed by atoms with E-state index in [1.807, 2.05) is 20.8 Å². The number of nitrogens with two attached hydrogens (primary N) is 3. The molecule has 8 heterocycles. The molecule has 0 spiro atoms. The highest BCUT2D eigenvalue weighted by molar-refractivity contribution is 5.97. The molecule has 8 rings (SSSR count). The minimum absolute atomic E-state index is 0.0588. The molecule has 0 aliphatic carbocycles. The maximum Gasteiger partial charge on any atom is 0.410 e. The van der Waals surface area contributed by atoms with Gasteiger partial charge in [-0.05, 0) is 85.2 Å². The molecular weight excluding hydrogens is 905 g/mol. The first-order valence-electron chi connectivity index (χ1n) is 23.6. The van der Waals surface area contributed by atoms with E-state index in [4.69, 9.17) is 27.0 Å². The van der Waals surface area contributed by atoms with Gasteiger partial charge >= 0.3 is 12.1 Å². The second-order valence-electron chi connectivity index (χ2n) is 18.9. The Morgan fingerprint density at radius 3 is 1.69 bits per heavy atom. The zero-order valence-electron chi connectivity index (χ0n) is 40.6. The predicted molar refractivity (Wildman–Crippen MR) is 261 cm³/mol. The first-order chi connectivity index (χ1) is 33.3. The van der Waals surface area contributed by atoms with Crippen molar-refractivity contribution in [2.24, 2.45) is 43.1 Å². The van der Waals surface area contributed by atoms with E-state index >= 15 is 0 Å². The van der Waals surface area contributed by atoms with Crippen LogP contribution in [0.25, 0.3) is 0 Å². The number of carbonyl (C=O) groups excluding carboxylic acids is 4. The third kappa shape index (κ3) is 15.2. The van der Waals surface area contributed by atoms with Gasteiger partial charge in [-0.1, -0.05) is 0 Å². The van der Waals surface area contributed by atoms with Crippen molar-refractivity contribution in [2.45, 2.75) is 89.8 Å². The van der Waals surface area contributed by atoms with Crippen molar-refractivity contribution < 1.29 is 33.8 Å². The number of rotatable bonds is 11. The van der Waals surface area contributed by atoms with Gasteiger partial charge in [0.15, 0.2) is 23.0 Å². The van der Waals surface area contributed by atoms with Crippen LogP contribution < -0.4 is 48.3 Å². The number of carboxylic acid groups (broad SMARTS) is 1. The summed E-state index contributed by atoms with van der Waals surface area (Å²) in [7, 11) is 3.60. The Balaban J connectivity index is 0.000000182. The monoisotopic (exact) mass is 973 g/mol. The number of aromatic nitrogens is 8. The molecule has 0 saturated carbocycles. The number of anilines is 6. The summed E-state index contributed by atoms with van der Waals surface area (Å²) < 4.78 is 8.50. The Hall–Kier alpha value is -7.15. The molecule has 4 saturated heterocycles. The largest absolute Gasteiger partial charge is 0.481 e. The third-order valence-electron chi connectivity index (χ3n) is 12.0. The van der Waals surface area contributed by atoms with Crippen molar-refractivity contribution in [3.8, 4) is 0 Å². The molecule has 380 valence electrons. The molecule has 4 aliphatic rings. The lowest BCUT2D eigenvalue weighted by Crippen LogP contribution is -2.50. The Labute approximate surface area is 406 Å². The number of hydrogen-bond acceptors (Lipinski definition) is 18. The second kappa shape index (κ2) is 23.9. The van der Waals surface area contributed by atoms with Crippen LogP contribution >= 0.6 is 0 Å². The molecule has 70 heavy (non-hydrogen) atoms. The van der Waals surface area contributed by atoms with Gasteiger partial charge in [0.1, 0.15) is 17.2 Å². The summed E-state index contributed by atoms with van der Waals surface area (Å²) >= 11 is 0. The van der Waals surface area contributed by atoms with Crippen molar-refractivity contribution in [1.82, 2.24) is 55.0 Å². The maximum absolute atomic E-state index is 12.6. The molecule has 11 N–H and O–H groups in total. The Kier molecular flexibility index (Phi) is 17.8. The smallest absolute Gasteiger partial charge is 0.410 e. The van der Waals surface area contributed by atoms with Crippen LogP contribution in [0.3, 0.4) is 0 Å². The number of amides is 4. The van der Waals surface area contributed by atoms with E-state index in [2.05, 4.69) is 61.2 Å². The highest BCUT2D eigenvalue weighted by Crippen LogP contribution is 2.26. The van der Waals surface area contributed by atoms with Gasteiger partial charge in [0.25, 0.3) is 11.8 Å². The fraction of sp³-hybridized carbons (Fsp3) is 0.578. The Morgan fingerprint density at radius 2 is 1.23 bits per heavy atom. The summed E-state index contributed by atoms with van der Waals surface area (Å²) in [5.41, 5.74) is 17.9. The number of aliphatic carboxylic acids is 1. The summed E-state index contributed by atoms with van der Waals surface area (Å²) in [6.45, 7) is 11.2. The summed E-state index contributed by atoms with van der Waals surface area (Å²) in [5, 5.41) is 29.6. The van der Waals surface area contributed by atoms with Crippen molar-refractivity contribution in [3.05, 3.63) is 48.6 Å². The number of primary amides is 2. The summed E-state index contributed by atoms with van der Waals surface area (Å²) in [4.78, 5) is 81.7. The van der Waals surface area contributed by atoms with E-state index in [1.54, 1.807) is 65.5 Å². The lowest BCUT2D eigenvalue weighted by molar-refractivity contribution is -0.143. The van der Waals surface area contributed by atoms with Crippen LogP contribution in [-0.2, 0) is 28.4 Å². The number of carboxylic acids is 1. The Bertz CT molecular complexity index is 2420. The van der Waals surface area contributed by atoms with Gasteiger partial charge < -0.3 is 63.0 Å². The van der Waals surface area contributed by atoms with Crippen LogP contribution in [-0.4, -0.2) is 149 Å². The summed E-state index contributed by atoms with van der Waals surface area (Å²) in [6, 6.07) is 0.180. The standard InChI is InChI=1S/C20H29N9O2.C14H20N8O.C11H19NO4/c1-28-11-15(9-24-28)25-19-17(18(21)30)23-10-16(27-19)29-8-2-3-14(12-29)26-20(31)13-4-6-22-7-5-13;1-21-8-10(5-18-21)19-14-12(13(16)23)17-6-11(20-14)22-4-2-3-9(15)7-22;1-11(2,3)16-10(15)12-6-4-8(5-7-12)9(13)14/h9-11,13-14,22H,2-8,12H2,1H3,(H2,21,30)(H,25,27)(H,26,31);5-6,8-9H,2-4,7,15H2,1H3,(H2,16,23)(H,19,20);8H,4-7H2,1-3H3,(H,13,14). The normalized spacial score (nSPS) is 18.9. The van der Waals surface area contributed by atoms with E-state index in [0.29, 0.717) is 67.1 Å². The maximum atomic E-state index is 12.6. The summed E-state index contributed by atoms with van der Waals surface area (Å²) in [6.07, 6.45) is 16.2. The zero-order chi connectivity index (χ0) is 50.5. The van der Waals surface area contributed by atoms with E-state index < -0.39 is 23.4 Å². The van der Waals surface area contributed by atoms with Crippen LogP contribution in [0.15, 0.2) is 37.2 Å². The molecule has 4 aliphatic heterocycles. The second-order valence-corrected chi connectivity index (χ2v) is 18.9. The highest BCUT2D eigenvalue weighted by Gasteiger charge is 2.31. The van der Waals surface area contributed by atoms with E-state index in [0.717, 1.165) is 71.2 Å². The molecule has 25 heteroatoms. The fourth-order valence-corrected chi connectivity index (χ4v) is 8.40. The van der Waals surface area contributed by atoms with Gasteiger partial charge in [0.2, 0.25) is 5.91 Å². The lowest BCUT2D eigenvalue weighted by atomic mass is 9.96. The van der Waals surface area contributed by atoms with E-state index in [9.17, 15) is 24.0 Å². The van der Waals surface area contributed by atoms with Gasteiger partial charge in [0, 0.05) is 83.8 Å². The minimum atomic E-state index is -0.774. The molecule has 4 aromatic heterocycles. The number of likely N-dealkylation sites (tertiary alicyclic amines) is 1. The van der Waals surface area contributed by atoms with Crippen molar-refractivity contribution in [3.63, 3.8) is 0 Å². The molecule has 0 bridgehead atoms. The SMILES string of the molecule is CC(C)(C)OC(=O)N1CCC(C(=O)O)CC1.Cn1cc(Nc2nc(N3CCCC(N)C3)cnc2C(N)=O)cn1.Cn1cc(Nc2nc(N3CCCC(NC(=O)C4CCNCC4)C3)cnc2C(N)=O)cn1. The third-order valence-corrected chi connectivity index (χ3v) is 12.0. The molecule has 4 amide bonds. The number of ether oxygens (including phenoxy) is 1. The minimum Gasteiger partial charge on any atom is -0.481 e. The quantitative estimate of drug-likeness (QED) is 0.106. The number of carbonyl (C=O) groups is 5. The van der Waals surface area contributed by atoms with E-state index in [1.165, 1.54) is 0 Å². The number of hydrogen-bond donors (Lipinski definition) is 8. The Morgan fingerprint density at radius 1 is 0.714 bits per heavy atom. The van der Waals surface area contributed by atoms with Crippen molar-refractivity contribution >= 4 is 64.4 Å². The zero-order valence-corrected chi connectivity index (χ0v) is 40.6. The number of nitrogens with one attached hydrogen (secondary N) is 4. The molecule has 25 nitrogen and oxygen atoms in total. The molecular formula is C45H68N18O7. The number of nitrogens with zero attached hydrogens (tertiary/aromatic N) is 11. The van der Waals surface area contributed by atoms with E-state index in [-0.39, 0.29) is 47.3 Å². The van der Waals surface area contributed by atoms with Gasteiger partial charge in [0.05, 0.1) is 42.1 Å². The lowest BCUT2D eigenvalue weighted by Gasteiger charge is -2.35. The molecule has 0 radical (unpaired) electrons. The van der Waals surface area contributed by atoms with Crippen molar-refractivity contribution in [1.29, 1.82) is 0 Å². The first kappa shape index (κ1) is 52.2. The number of piperidine rings is 4. The van der Waals surface area contributed by atoms with Gasteiger partial charge in [-0.25, -0.2) is 24.7 Å². The van der Waals surface area contributed by atoms with Gasteiger partial charge in [-0.2, -0.15) is 10.2 Å². The average Bonchev–Trinajstić information content (AvgIpc) is 3.94. The van der Waals surface area contributed by atoms with Crippen LogP contribution in [0.2, 0.25) is 0 Å².